The summed E-state index contributed by atoms with van der Waals surface area (Å²) in [7, 11) is 5.82. The first-order valence-electron chi connectivity index (χ1n) is 11.7. The number of benzene rings is 1. The number of ether oxygens (including phenoxy) is 1. The number of nitrogens with zero attached hydrogens (tertiary/aromatic N) is 6. The third-order valence-corrected chi connectivity index (χ3v) is 6.71. The molecule has 0 unspecified atom stereocenters. The Morgan fingerprint density at radius 2 is 2.03 bits per heavy atom. The fraction of sp³-hybridized carbons (Fsp3) is 0.346. The van der Waals surface area contributed by atoms with Crippen LogP contribution >= 0.6 is 0 Å². The minimum absolute atomic E-state index is 0.338. The van der Waals surface area contributed by atoms with Crippen LogP contribution in [0.1, 0.15) is 28.7 Å². The first kappa shape index (κ1) is 23.0. The maximum absolute atomic E-state index is 14.2. The lowest BCUT2D eigenvalue weighted by atomic mass is 10.0. The summed E-state index contributed by atoms with van der Waals surface area (Å²) in [5, 5.41) is 16.6. The molecule has 4 aromatic rings. The summed E-state index contributed by atoms with van der Waals surface area (Å²) >= 11 is 0. The van der Waals surface area contributed by atoms with Crippen LogP contribution < -0.4 is 10.1 Å². The van der Waals surface area contributed by atoms with Crippen LogP contribution in [0, 0.1) is 12.7 Å². The summed E-state index contributed by atoms with van der Waals surface area (Å²) in [6, 6.07) is 8.56. The van der Waals surface area contributed by atoms with E-state index in [1.807, 2.05) is 60.4 Å². The highest BCUT2D eigenvalue weighted by molar-refractivity contribution is 5.71. The van der Waals surface area contributed by atoms with Crippen molar-refractivity contribution in [2.45, 2.75) is 19.3 Å². The Kier molecular flexibility index (Phi) is 6.02. The van der Waals surface area contributed by atoms with E-state index in [0.717, 1.165) is 58.3 Å². The van der Waals surface area contributed by atoms with Crippen LogP contribution in [-0.2, 0) is 13.5 Å². The molecule has 9 heteroatoms. The zero-order chi connectivity index (χ0) is 24.7. The maximum atomic E-state index is 14.2. The molecule has 35 heavy (non-hydrogen) atoms. The van der Waals surface area contributed by atoms with E-state index in [1.165, 1.54) is 12.1 Å². The van der Waals surface area contributed by atoms with Crippen molar-refractivity contribution in [1.82, 2.24) is 34.6 Å². The number of aryl methyl sites for hydroxylation is 1. The van der Waals surface area contributed by atoms with Crippen molar-refractivity contribution < 1.29 is 9.13 Å². The first-order chi connectivity index (χ1) is 16.8. The van der Waals surface area contributed by atoms with Gasteiger partial charge >= 0.3 is 0 Å². The lowest BCUT2D eigenvalue weighted by Crippen LogP contribution is -2.40. The lowest BCUT2D eigenvalue weighted by Gasteiger charge is -2.25. The molecule has 4 heterocycles. The number of pyridine rings is 1. The molecular formula is C26H30FN7O. The number of fused-ring (bicyclic) bond motifs is 1. The van der Waals surface area contributed by atoms with Gasteiger partial charge in [-0.25, -0.2) is 4.39 Å². The van der Waals surface area contributed by atoms with Gasteiger partial charge in [-0.15, -0.1) is 10.2 Å². The summed E-state index contributed by atoms with van der Waals surface area (Å²) in [6.45, 7) is 8.37. The molecule has 0 spiro atoms. The standard InChI is InChI=1S/C26H30FN7O/c1-16-21(25(31-33(16)5)17(2)32(3)4)10-11-35-23-12-20(27)7-8-22(23)18-6-9-24-29-30-26(34(24)15-18)19-13-28-14-19/h6-9,12,15,19,28H,2,10-11,13-14H2,1,3-5H3. The number of rotatable bonds is 8. The Balaban J connectivity index is 1.41. The van der Waals surface area contributed by atoms with Gasteiger partial charge in [0.25, 0.3) is 0 Å². The number of aromatic nitrogens is 5. The average Bonchev–Trinajstić information content (AvgIpc) is 3.33. The monoisotopic (exact) mass is 475 g/mol. The lowest BCUT2D eigenvalue weighted by molar-refractivity contribution is 0.321. The quantitative estimate of drug-likeness (QED) is 0.421. The Morgan fingerprint density at radius 1 is 1.23 bits per heavy atom. The third-order valence-electron chi connectivity index (χ3n) is 6.71. The highest BCUT2D eigenvalue weighted by Gasteiger charge is 2.24. The molecule has 0 amide bonds. The highest BCUT2D eigenvalue weighted by Crippen LogP contribution is 2.32. The van der Waals surface area contributed by atoms with E-state index in [1.54, 1.807) is 6.07 Å². The molecule has 5 rings (SSSR count). The van der Waals surface area contributed by atoms with Crippen molar-refractivity contribution in [2.24, 2.45) is 7.05 Å². The van der Waals surface area contributed by atoms with E-state index in [-0.39, 0.29) is 5.82 Å². The minimum Gasteiger partial charge on any atom is -0.492 e. The summed E-state index contributed by atoms with van der Waals surface area (Å²) in [6.07, 6.45) is 2.63. The molecule has 182 valence electrons. The molecule has 1 N–H and O–H groups in total. The number of hydrogen-bond acceptors (Lipinski definition) is 6. The fourth-order valence-corrected chi connectivity index (χ4v) is 4.33. The van der Waals surface area contributed by atoms with Crippen molar-refractivity contribution >= 4 is 11.3 Å². The van der Waals surface area contributed by atoms with Gasteiger partial charge in [0.1, 0.15) is 23.1 Å². The molecule has 1 aliphatic rings. The summed E-state index contributed by atoms with van der Waals surface area (Å²) in [5.74, 6) is 1.44. The Labute approximate surface area is 204 Å². The molecule has 1 fully saturated rings. The largest absolute Gasteiger partial charge is 0.492 e. The van der Waals surface area contributed by atoms with Gasteiger partial charge in [-0.3, -0.25) is 9.08 Å². The first-order valence-corrected chi connectivity index (χ1v) is 11.7. The Bertz CT molecular complexity index is 1400. The zero-order valence-corrected chi connectivity index (χ0v) is 20.5. The molecule has 1 saturated heterocycles. The minimum atomic E-state index is -0.338. The maximum Gasteiger partial charge on any atom is 0.160 e. The number of hydrogen-bond donors (Lipinski definition) is 1. The van der Waals surface area contributed by atoms with Crippen LogP contribution in [0.15, 0.2) is 43.1 Å². The van der Waals surface area contributed by atoms with Crippen molar-refractivity contribution in [3.63, 3.8) is 0 Å². The van der Waals surface area contributed by atoms with Crippen LogP contribution in [0.25, 0.3) is 22.5 Å². The predicted octanol–water partition coefficient (Wildman–Crippen LogP) is 3.42. The molecule has 8 nitrogen and oxygen atoms in total. The van der Waals surface area contributed by atoms with Crippen LogP contribution in [-0.4, -0.2) is 63.1 Å². The second-order valence-electron chi connectivity index (χ2n) is 9.18. The van der Waals surface area contributed by atoms with Crippen molar-refractivity contribution in [3.05, 3.63) is 71.7 Å². The SMILES string of the molecule is C=C(c1nn(C)c(C)c1CCOc1cc(F)ccc1-c1ccc2nnc(C3CNC3)n2c1)N(C)C. The van der Waals surface area contributed by atoms with Crippen LogP contribution in [0.5, 0.6) is 5.75 Å². The molecule has 0 atom stereocenters. The van der Waals surface area contributed by atoms with E-state index in [9.17, 15) is 4.39 Å². The van der Waals surface area contributed by atoms with Crippen molar-refractivity contribution in [3.8, 4) is 16.9 Å². The van der Waals surface area contributed by atoms with Crippen LogP contribution in [0.3, 0.4) is 0 Å². The summed E-state index contributed by atoms with van der Waals surface area (Å²) < 4.78 is 24.3. The normalized spacial score (nSPS) is 13.7. The average molecular weight is 476 g/mol. The van der Waals surface area contributed by atoms with E-state index in [0.29, 0.717) is 24.7 Å². The molecular weight excluding hydrogens is 445 g/mol. The van der Waals surface area contributed by atoms with Gasteiger partial charge in [-0.2, -0.15) is 5.10 Å². The molecule has 0 saturated carbocycles. The van der Waals surface area contributed by atoms with Gasteiger partial charge in [0, 0.05) is 81.2 Å². The van der Waals surface area contributed by atoms with Gasteiger partial charge < -0.3 is 15.0 Å². The molecule has 1 aliphatic heterocycles. The van der Waals surface area contributed by atoms with Crippen LogP contribution in [0.4, 0.5) is 4.39 Å². The van der Waals surface area contributed by atoms with Gasteiger partial charge in [0.2, 0.25) is 0 Å². The van der Waals surface area contributed by atoms with Crippen molar-refractivity contribution in [2.75, 3.05) is 33.8 Å². The van der Waals surface area contributed by atoms with E-state index >= 15 is 0 Å². The third kappa shape index (κ3) is 4.27. The van der Waals surface area contributed by atoms with Crippen LogP contribution in [0.2, 0.25) is 0 Å². The second kappa shape index (κ2) is 9.14. The Hall–Kier alpha value is -3.72. The molecule has 0 aliphatic carbocycles. The van der Waals surface area contributed by atoms with Gasteiger partial charge in [0.15, 0.2) is 5.65 Å². The number of halogens is 1. The Morgan fingerprint density at radius 3 is 2.74 bits per heavy atom. The molecule has 3 aromatic heterocycles. The summed E-state index contributed by atoms with van der Waals surface area (Å²) in [5.41, 5.74) is 6.36. The van der Waals surface area contributed by atoms with Gasteiger partial charge in [0.05, 0.1) is 12.3 Å². The number of nitrogens with one attached hydrogen (secondary N) is 1. The predicted molar refractivity (Wildman–Crippen MR) is 134 cm³/mol. The van der Waals surface area contributed by atoms with Crippen molar-refractivity contribution in [1.29, 1.82) is 0 Å². The van der Waals surface area contributed by atoms with E-state index in [4.69, 9.17) is 4.74 Å². The van der Waals surface area contributed by atoms with Gasteiger partial charge in [-0.1, -0.05) is 6.58 Å². The van der Waals surface area contributed by atoms with Gasteiger partial charge in [-0.05, 0) is 31.2 Å². The smallest absolute Gasteiger partial charge is 0.160 e. The second-order valence-corrected chi connectivity index (χ2v) is 9.18. The molecule has 1 aromatic carbocycles. The highest BCUT2D eigenvalue weighted by atomic mass is 19.1. The van der Waals surface area contributed by atoms with E-state index in [2.05, 4.69) is 27.2 Å². The topological polar surface area (TPSA) is 72.5 Å². The summed E-state index contributed by atoms with van der Waals surface area (Å²) in [4.78, 5) is 1.95. The molecule has 0 radical (unpaired) electrons. The fourth-order valence-electron chi connectivity index (χ4n) is 4.33. The molecule has 0 bridgehead atoms. The zero-order valence-electron chi connectivity index (χ0n) is 20.5. The van der Waals surface area contributed by atoms with E-state index < -0.39 is 0 Å².